The minimum absolute atomic E-state index is 0.0421. The fraction of sp³-hybridized carbons (Fsp3) is 0.357. The van der Waals surface area contributed by atoms with Crippen molar-refractivity contribution in [1.82, 2.24) is 14.8 Å². The van der Waals surface area contributed by atoms with Gasteiger partial charge in [-0.05, 0) is 32.9 Å². The zero-order chi connectivity index (χ0) is 14.7. The van der Waals surface area contributed by atoms with E-state index in [1.54, 1.807) is 0 Å². The van der Waals surface area contributed by atoms with Crippen LogP contribution in [0.15, 0.2) is 29.4 Å². The number of amides is 1. The van der Waals surface area contributed by atoms with Crippen molar-refractivity contribution in [2.45, 2.75) is 31.2 Å². The molecule has 0 fully saturated rings. The molecule has 0 unspecified atom stereocenters. The maximum Gasteiger partial charge on any atom is 0.237 e. The SMILES string of the molecule is Cc1ccc(NC(=O)[C@H](C)Sc2nnc(C)n2C)cc1. The van der Waals surface area contributed by atoms with Gasteiger partial charge in [0.25, 0.3) is 0 Å². The fourth-order valence-corrected chi connectivity index (χ4v) is 2.44. The largest absolute Gasteiger partial charge is 0.325 e. The van der Waals surface area contributed by atoms with Crippen molar-refractivity contribution >= 4 is 23.4 Å². The summed E-state index contributed by atoms with van der Waals surface area (Å²) >= 11 is 1.40. The average molecular weight is 290 g/mol. The van der Waals surface area contributed by atoms with Gasteiger partial charge in [-0.2, -0.15) is 0 Å². The second-order valence-corrected chi connectivity index (χ2v) is 6.01. The number of nitrogens with zero attached hydrogens (tertiary/aromatic N) is 3. The second-order valence-electron chi connectivity index (χ2n) is 4.70. The number of benzene rings is 1. The molecule has 0 aliphatic heterocycles. The summed E-state index contributed by atoms with van der Waals surface area (Å²) in [6.45, 7) is 5.76. The second kappa shape index (κ2) is 6.09. The summed E-state index contributed by atoms with van der Waals surface area (Å²) in [7, 11) is 1.89. The van der Waals surface area contributed by atoms with Gasteiger partial charge in [0.15, 0.2) is 5.16 Å². The molecule has 1 N–H and O–H groups in total. The zero-order valence-corrected chi connectivity index (χ0v) is 12.9. The van der Waals surface area contributed by atoms with E-state index in [1.165, 1.54) is 17.3 Å². The van der Waals surface area contributed by atoms with E-state index in [9.17, 15) is 4.79 Å². The summed E-state index contributed by atoms with van der Waals surface area (Å²) in [5.41, 5.74) is 1.97. The number of aryl methyl sites for hydroxylation is 2. The van der Waals surface area contributed by atoms with Crippen molar-refractivity contribution < 1.29 is 4.79 Å². The third-order valence-electron chi connectivity index (χ3n) is 3.02. The van der Waals surface area contributed by atoms with Crippen LogP contribution in [0, 0.1) is 13.8 Å². The summed E-state index contributed by atoms with van der Waals surface area (Å²) in [5.74, 6) is 0.790. The van der Waals surface area contributed by atoms with E-state index in [1.807, 2.05) is 56.7 Å². The first-order chi connectivity index (χ1) is 9.47. The molecule has 0 bridgehead atoms. The van der Waals surface area contributed by atoms with Crippen molar-refractivity contribution in [3.05, 3.63) is 35.7 Å². The smallest absolute Gasteiger partial charge is 0.237 e. The van der Waals surface area contributed by atoms with Crippen molar-refractivity contribution in [2.24, 2.45) is 7.05 Å². The number of carbonyl (C=O) groups excluding carboxylic acids is 1. The van der Waals surface area contributed by atoms with Gasteiger partial charge >= 0.3 is 0 Å². The van der Waals surface area contributed by atoms with Crippen molar-refractivity contribution in [1.29, 1.82) is 0 Å². The Morgan fingerprint density at radius 1 is 1.25 bits per heavy atom. The number of hydrogen-bond donors (Lipinski definition) is 1. The van der Waals surface area contributed by atoms with Gasteiger partial charge in [0.05, 0.1) is 5.25 Å². The number of hydrogen-bond acceptors (Lipinski definition) is 4. The molecule has 2 aromatic rings. The molecular formula is C14H18N4OS. The lowest BCUT2D eigenvalue weighted by Gasteiger charge is -2.11. The Bertz CT molecular complexity index is 606. The highest BCUT2D eigenvalue weighted by molar-refractivity contribution is 8.00. The van der Waals surface area contributed by atoms with E-state index >= 15 is 0 Å². The van der Waals surface area contributed by atoms with Crippen LogP contribution < -0.4 is 5.32 Å². The summed E-state index contributed by atoms with van der Waals surface area (Å²) in [6.07, 6.45) is 0. The Kier molecular flexibility index (Phi) is 4.44. The molecule has 2 rings (SSSR count). The minimum atomic E-state index is -0.237. The number of thioether (sulfide) groups is 1. The van der Waals surface area contributed by atoms with Crippen molar-refractivity contribution in [3.8, 4) is 0 Å². The van der Waals surface area contributed by atoms with Gasteiger partial charge in [-0.15, -0.1) is 10.2 Å². The molecule has 6 heteroatoms. The Morgan fingerprint density at radius 2 is 1.90 bits per heavy atom. The number of aromatic nitrogens is 3. The molecule has 1 aromatic heterocycles. The minimum Gasteiger partial charge on any atom is -0.325 e. The standard InChI is InChI=1S/C14H18N4OS/c1-9-5-7-12(8-6-9)15-13(19)10(2)20-14-17-16-11(3)18(14)4/h5-8,10H,1-4H3,(H,15,19)/t10-/m0/s1. The molecule has 0 saturated carbocycles. The third kappa shape index (κ3) is 3.39. The topological polar surface area (TPSA) is 59.8 Å². The lowest BCUT2D eigenvalue weighted by molar-refractivity contribution is -0.115. The lowest BCUT2D eigenvalue weighted by atomic mass is 10.2. The Morgan fingerprint density at radius 3 is 2.45 bits per heavy atom. The molecule has 0 aliphatic carbocycles. The van der Waals surface area contributed by atoms with Gasteiger partial charge in [0, 0.05) is 12.7 Å². The van der Waals surface area contributed by atoms with E-state index in [0.717, 1.165) is 16.7 Å². The molecule has 0 radical (unpaired) electrons. The fourth-order valence-electron chi connectivity index (χ4n) is 1.58. The van der Waals surface area contributed by atoms with Crippen LogP contribution in [0.25, 0.3) is 0 Å². The lowest BCUT2D eigenvalue weighted by Crippen LogP contribution is -2.22. The van der Waals surface area contributed by atoms with Crippen LogP contribution >= 0.6 is 11.8 Å². The van der Waals surface area contributed by atoms with Crippen LogP contribution in [0.4, 0.5) is 5.69 Å². The Labute approximate surface area is 122 Å². The first-order valence-corrected chi connectivity index (χ1v) is 7.25. The summed E-state index contributed by atoms with van der Waals surface area (Å²) < 4.78 is 1.88. The Hall–Kier alpha value is -1.82. The van der Waals surface area contributed by atoms with E-state index in [-0.39, 0.29) is 11.2 Å². The maximum absolute atomic E-state index is 12.1. The molecule has 1 heterocycles. The molecule has 1 atom stereocenters. The van der Waals surface area contributed by atoms with Crippen LogP contribution in [0.5, 0.6) is 0 Å². The normalized spacial score (nSPS) is 12.2. The molecule has 5 nitrogen and oxygen atoms in total. The molecule has 0 aliphatic rings. The molecule has 106 valence electrons. The monoisotopic (exact) mass is 290 g/mol. The molecule has 1 amide bonds. The average Bonchev–Trinajstić information content (AvgIpc) is 2.73. The van der Waals surface area contributed by atoms with Gasteiger partial charge in [-0.25, -0.2) is 0 Å². The van der Waals surface area contributed by atoms with Crippen molar-refractivity contribution in [3.63, 3.8) is 0 Å². The molecule has 0 saturated heterocycles. The zero-order valence-electron chi connectivity index (χ0n) is 12.0. The number of nitrogens with one attached hydrogen (secondary N) is 1. The number of carbonyl (C=O) groups is 1. The molecule has 20 heavy (non-hydrogen) atoms. The van der Waals surface area contributed by atoms with Crippen LogP contribution in [0.2, 0.25) is 0 Å². The van der Waals surface area contributed by atoms with Gasteiger partial charge < -0.3 is 9.88 Å². The van der Waals surface area contributed by atoms with E-state index in [2.05, 4.69) is 15.5 Å². The Balaban J connectivity index is 1.98. The first-order valence-electron chi connectivity index (χ1n) is 6.37. The molecule has 0 spiro atoms. The first kappa shape index (κ1) is 14.6. The number of anilines is 1. The van der Waals surface area contributed by atoms with Gasteiger partial charge in [-0.3, -0.25) is 4.79 Å². The van der Waals surface area contributed by atoms with Crippen LogP contribution in [0.3, 0.4) is 0 Å². The summed E-state index contributed by atoms with van der Waals surface area (Å²) in [5, 5.41) is 11.4. The van der Waals surface area contributed by atoms with Gasteiger partial charge in [0.2, 0.25) is 5.91 Å². The summed E-state index contributed by atoms with van der Waals surface area (Å²) in [6, 6.07) is 7.74. The highest BCUT2D eigenvalue weighted by atomic mass is 32.2. The van der Waals surface area contributed by atoms with Crippen LogP contribution in [-0.4, -0.2) is 25.9 Å². The predicted octanol–water partition coefficient (Wildman–Crippen LogP) is 2.55. The van der Waals surface area contributed by atoms with E-state index in [4.69, 9.17) is 0 Å². The maximum atomic E-state index is 12.1. The van der Waals surface area contributed by atoms with Gasteiger partial charge in [0.1, 0.15) is 5.82 Å². The quantitative estimate of drug-likeness (QED) is 0.879. The van der Waals surface area contributed by atoms with E-state index in [0.29, 0.717) is 0 Å². The summed E-state index contributed by atoms with van der Waals surface area (Å²) in [4.78, 5) is 12.1. The van der Waals surface area contributed by atoms with Crippen LogP contribution in [-0.2, 0) is 11.8 Å². The van der Waals surface area contributed by atoms with Crippen molar-refractivity contribution in [2.75, 3.05) is 5.32 Å². The number of rotatable bonds is 4. The highest BCUT2D eigenvalue weighted by Crippen LogP contribution is 2.22. The third-order valence-corrected chi connectivity index (χ3v) is 4.16. The molecular weight excluding hydrogens is 272 g/mol. The van der Waals surface area contributed by atoms with Gasteiger partial charge in [-0.1, -0.05) is 29.5 Å². The van der Waals surface area contributed by atoms with E-state index < -0.39 is 0 Å². The predicted molar refractivity (Wildman–Crippen MR) is 80.9 cm³/mol. The molecule has 1 aromatic carbocycles. The highest BCUT2D eigenvalue weighted by Gasteiger charge is 2.18. The van der Waals surface area contributed by atoms with Crippen LogP contribution in [0.1, 0.15) is 18.3 Å².